The van der Waals surface area contributed by atoms with E-state index in [1.54, 1.807) is 6.07 Å². The summed E-state index contributed by atoms with van der Waals surface area (Å²) in [6.45, 7) is 14.4. The molecule has 0 bridgehead atoms. The summed E-state index contributed by atoms with van der Waals surface area (Å²) in [6, 6.07) is 16.6. The van der Waals surface area contributed by atoms with Gasteiger partial charge < -0.3 is 14.7 Å². The van der Waals surface area contributed by atoms with Crippen molar-refractivity contribution in [3.8, 4) is 5.75 Å². The number of phenols is 1. The SMILES string of the molecule is CCOC(=O)CCCCCCN1CCN(C(=O)c2cccc([C@H](c3cccc(O)c3)N3C[C@@H](C)N(CC4CC4)C[C@@H]3C)c2)CC1. The molecule has 0 spiro atoms. The second kappa shape index (κ2) is 16.1. The van der Waals surface area contributed by atoms with Gasteiger partial charge in [0.15, 0.2) is 0 Å². The summed E-state index contributed by atoms with van der Waals surface area (Å²) in [5.41, 5.74) is 2.90. The van der Waals surface area contributed by atoms with Crippen LogP contribution in [0, 0.1) is 5.92 Å². The molecule has 1 saturated carbocycles. The van der Waals surface area contributed by atoms with E-state index in [1.165, 1.54) is 19.4 Å². The van der Waals surface area contributed by atoms with E-state index in [0.717, 1.165) is 94.1 Å². The maximum atomic E-state index is 13.8. The molecule has 1 N–H and O–H groups in total. The van der Waals surface area contributed by atoms with Gasteiger partial charge >= 0.3 is 5.97 Å². The van der Waals surface area contributed by atoms with Crippen LogP contribution in [0.25, 0.3) is 0 Å². The smallest absolute Gasteiger partial charge is 0.305 e. The number of amides is 1. The number of nitrogens with zero attached hydrogens (tertiary/aromatic N) is 4. The van der Waals surface area contributed by atoms with Crippen LogP contribution in [-0.2, 0) is 9.53 Å². The fourth-order valence-corrected chi connectivity index (χ4v) is 7.13. The second-order valence-electron chi connectivity index (χ2n) is 13.5. The molecule has 0 radical (unpaired) electrons. The molecule has 246 valence electrons. The summed E-state index contributed by atoms with van der Waals surface area (Å²) in [6.07, 6.45) is 7.40. The summed E-state index contributed by atoms with van der Waals surface area (Å²) in [5.74, 6) is 1.14. The van der Waals surface area contributed by atoms with Gasteiger partial charge in [-0.15, -0.1) is 0 Å². The van der Waals surface area contributed by atoms with Crippen LogP contribution in [0.2, 0.25) is 0 Å². The van der Waals surface area contributed by atoms with Crippen LogP contribution in [0.5, 0.6) is 5.75 Å². The molecule has 8 heteroatoms. The minimum atomic E-state index is -0.0927. The van der Waals surface area contributed by atoms with Crippen molar-refractivity contribution in [2.24, 2.45) is 5.92 Å². The van der Waals surface area contributed by atoms with Gasteiger partial charge in [-0.1, -0.05) is 37.1 Å². The lowest BCUT2D eigenvalue weighted by atomic mass is 9.92. The van der Waals surface area contributed by atoms with Crippen LogP contribution in [0.15, 0.2) is 48.5 Å². The molecule has 2 aromatic carbocycles. The molecule has 0 unspecified atom stereocenters. The standard InChI is InChI=1S/C37H54N4O4/c1-4-45-35(43)15-7-5-6-8-18-38-19-21-39(22-20-38)37(44)33-13-9-11-31(23-33)36(32-12-10-14-34(42)24-32)41-26-28(2)40(25-29(41)3)27-30-16-17-30/h9-14,23-24,28-30,36,42H,4-8,15-22,25-27H2,1-3H3/t28-,29+,36-/m1/s1. The molecule has 2 aliphatic heterocycles. The Morgan fingerprint density at radius 3 is 2.31 bits per heavy atom. The van der Waals surface area contributed by atoms with Crippen molar-refractivity contribution in [3.05, 3.63) is 65.2 Å². The molecule has 3 aliphatic rings. The molecule has 3 fully saturated rings. The van der Waals surface area contributed by atoms with Crippen LogP contribution in [0.3, 0.4) is 0 Å². The molecule has 2 heterocycles. The third kappa shape index (κ3) is 9.30. The fraction of sp³-hybridized carbons (Fsp3) is 0.622. The number of phenolic OH excluding ortho intramolecular Hbond substituents is 1. The average molecular weight is 619 g/mol. The van der Waals surface area contributed by atoms with Gasteiger partial charge in [0.25, 0.3) is 5.91 Å². The number of carbonyl (C=O) groups is 2. The van der Waals surface area contributed by atoms with Gasteiger partial charge in [-0.25, -0.2) is 0 Å². The Balaban J connectivity index is 1.19. The van der Waals surface area contributed by atoms with E-state index in [9.17, 15) is 14.7 Å². The van der Waals surface area contributed by atoms with Crippen LogP contribution >= 0.6 is 0 Å². The van der Waals surface area contributed by atoms with Crippen molar-refractivity contribution < 1.29 is 19.4 Å². The van der Waals surface area contributed by atoms with E-state index in [1.807, 2.05) is 36.1 Å². The molecule has 3 atom stereocenters. The maximum Gasteiger partial charge on any atom is 0.305 e. The van der Waals surface area contributed by atoms with Gasteiger partial charge in [0.1, 0.15) is 5.75 Å². The van der Waals surface area contributed by atoms with Gasteiger partial charge in [0.05, 0.1) is 12.6 Å². The number of esters is 1. The number of carbonyl (C=O) groups excluding carboxylic acids is 2. The van der Waals surface area contributed by atoms with Gasteiger partial charge in [0.2, 0.25) is 0 Å². The summed E-state index contributed by atoms with van der Waals surface area (Å²) in [7, 11) is 0. The van der Waals surface area contributed by atoms with E-state index in [4.69, 9.17) is 4.74 Å². The van der Waals surface area contributed by atoms with Crippen molar-refractivity contribution >= 4 is 11.9 Å². The quantitative estimate of drug-likeness (QED) is 0.220. The van der Waals surface area contributed by atoms with Gasteiger partial charge in [-0.2, -0.15) is 0 Å². The molecule has 2 saturated heterocycles. The number of ether oxygens (including phenoxy) is 1. The Morgan fingerprint density at radius 1 is 0.889 bits per heavy atom. The molecule has 5 rings (SSSR count). The summed E-state index contributed by atoms with van der Waals surface area (Å²) in [4.78, 5) is 34.9. The molecule has 2 aromatic rings. The minimum Gasteiger partial charge on any atom is -0.508 e. The van der Waals surface area contributed by atoms with E-state index in [-0.39, 0.29) is 23.7 Å². The first-order valence-electron chi connectivity index (χ1n) is 17.4. The lowest BCUT2D eigenvalue weighted by Crippen LogP contribution is -2.57. The highest BCUT2D eigenvalue weighted by molar-refractivity contribution is 5.94. The molecule has 1 aliphatic carbocycles. The van der Waals surface area contributed by atoms with E-state index < -0.39 is 0 Å². The lowest BCUT2D eigenvalue weighted by molar-refractivity contribution is -0.143. The Bertz CT molecular complexity index is 1260. The largest absolute Gasteiger partial charge is 0.508 e. The first-order valence-corrected chi connectivity index (χ1v) is 17.4. The number of rotatable bonds is 14. The number of hydrogen-bond donors (Lipinski definition) is 1. The molecular formula is C37H54N4O4. The van der Waals surface area contributed by atoms with Crippen molar-refractivity contribution in [2.75, 3.05) is 59.0 Å². The zero-order valence-electron chi connectivity index (χ0n) is 27.7. The zero-order valence-corrected chi connectivity index (χ0v) is 27.7. The van der Waals surface area contributed by atoms with Crippen molar-refractivity contribution in [1.29, 1.82) is 0 Å². The van der Waals surface area contributed by atoms with Gasteiger partial charge in [-0.3, -0.25) is 24.3 Å². The van der Waals surface area contributed by atoms with Crippen LogP contribution in [0.4, 0.5) is 0 Å². The normalized spacial score (nSPS) is 22.3. The summed E-state index contributed by atoms with van der Waals surface area (Å²) < 4.78 is 5.01. The Morgan fingerprint density at radius 2 is 1.60 bits per heavy atom. The Labute approximate surface area is 270 Å². The van der Waals surface area contributed by atoms with Crippen molar-refractivity contribution in [3.63, 3.8) is 0 Å². The monoisotopic (exact) mass is 618 g/mol. The predicted octanol–water partition coefficient (Wildman–Crippen LogP) is 5.56. The van der Waals surface area contributed by atoms with E-state index in [0.29, 0.717) is 25.1 Å². The van der Waals surface area contributed by atoms with E-state index in [2.05, 4.69) is 46.7 Å². The van der Waals surface area contributed by atoms with Gasteiger partial charge in [0, 0.05) is 69.9 Å². The predicted molar refractivity (Wildman–Crippen MR) is 178 cm³/mol. The Kier molecular flexibility index (Phi) is 11.9. The van der Waals surface area contributed by atoms with Crippen LogP contribution in [0.1, 0.15) is 93.2 Å². The number of piperazine rings is 2. The molecule has 0 aromatic heterocycles. The fourth-order valence-electron chi connectivity index (χ4n) is 7.13. The molecule has 8 nitrogen and oxygen atoms in total. The third-order valence-corrected chi connectivity index (χ3v) is 9.89. The van der Waals surface area contributed by atoms with Crippen LogP contribution < -0.4 is 0 Å². The second-order valence-corrected chi connectivity index (χ2v) is 13.5. The maximum absolute atomic E-state index is 13.8. The van der Waals surface area contributed by atoms with E-state index >= 15 is 0 Å². The molecule has 45 heavy (non-hydrogen) atoms. The Hall–Kier alpha value is -2.94. The summed E-state index contributed by atoms with van der Waals surface area (Å²) >= 11 is 0. The minimum absolute atomic E-state index is 0.0421. The average Bonchev–Trinajstić information content (AvgIpc) is 3.86. The molecular weight excluding hydrogens is 564 g/mol. The number of benzene rings is 2. The van der Waals surface area contributed by atoms with Crippen LogP contribution in [-0.4, -0.2) is 108 Å². The third-order valence-electron chi connectivity index (χ3n) is 9.89. The lowest BCUT2D eigenvalue weighted by Gasteiger charge is -2.48. The first kappa shape index (κ1) is 33.4. The van der Waals surface area contributed by atoms with Crippen molar-refractivity contribution in [2.45, 2.75) is 83.8 Å². The highest BCUT2D eigenvalue weighted by Gasteiger charge is 2.37. The van der Waals surface area contributed by atoms with Crippen molar-refractivity contribution in [1.82, 2.24) is 19.6 Å². The summed E-state index contributed by atoms with van der Waals surface area (Å²) in [5, 5.41) is 10.4. The topological polar surface area (TPSA) is 76.6 Å². The number of hydrogen-bond acceptors (Lipinski definition) is 7. The number of aromatic hydroxyl groups is 1. The van der Waals surface area contributed by atoms with Gasteiger partial charge in [-0.05, 0) is 94.3 Å². The number of unbranched alkanes of at least 4 members (excludes halogenated alkanes) is 3. The highest BCUT2D eigenvalue weighted by atomic mass is 16.5. The molecule has 1 amide bonds. The zero-order chi connectivity index (χ0) is 31.8. The first-order chi connectivity index (χ1) is 21.8. The highest BCUT2D eigenvalue weighted by Crippen LogP contribution is 2.37.